The Morgan fingerprint density at radius 1 is 1.00 bits per heavy atom. The fourth-order valence-electron chi connectivity index (χ4n) is 5.22. The van der Waals surface area contributed by atoms with Gasteiger partial charge in [-0.1, -0.05) is 30.3 Å². The van der Waals surface area contributed by atoms with Crippen LogP contribution >= 0.6 is 0 Å². The number of hydrogen-bond donors (Lipinski definition) is 2. The van der Waals surface area contributed by atoms with Crippen molar-refractivity contribution in [3.8, 4) is 0 Å². The molecule has 2 fully saturated rings. The summed E-state index contributed by atoms with van der Waals surface area (Å²) in [7, 11) is 1.17. The van der Waals surface area contributed by atoms with Crippen molar-refractivity contribution >= 4 is 35.3 Å². The number of aromatic nitrogens is 1. The van der Waals surface area contributed by atoms with Crippen LogP contribution in [0.3, 0.4) is 0 Å². The number of piperazine rings is 2. The molecule has 0 bridgehead atoms. The van der Waals surface area contributed by atoms with Gasteiger partial charge in [0.05, 0.1) is 26.0 Å². The van der Waals surface area contributed by atoms with E-state index in [1.165, 1.54) is 12.0 Å². The van der Waals surface area contributed by atoms with Gasteiger partial charge in [0.15, 0.2) is 0 Å². The maximum Gasteiger partial charge on any atom is 0.323 e. The summed E-state index contributed by atoms with van der Waals surface area (Å²) in [6, 6.07) is 11.0. The number of ether oxygens (including phenoxy) is 1. The van der Waals surface area contributed by atoms with Gasteiger partial charge in [-0.05, 0) is 17.7 Å². The summed E-state index contributed by atoms with van der Waals surface area (Å²) in [5.74, 6) is -3.27. The van der Waals surface area contributed by atoms with Gasteiger partial charge in [0, 0.05) is 63.9 Å². The highest BCUT2D eigenvalue weighted by Crippen LogP contribution is 2.20. The van der Waals surface area contributed by atoms with E-state index in [1.807, 2.05) is 42.5 Å². The molecular formula is C29H36N6O7. The first-order chi connectivity index (χ1) is 20.3. The molecule has 13 heteroatoms. The first kappa shape index (κ1) is 30.4. The number of carbonyl (C=O) groups excluding carboxylic acids is 4. The molecule has 4 rings (SSSR count). The molecule has 42 heavy (non-hydrogen) atoms. The van der Waals surface area contributed by atoms with E-state index in [-0.39, 0.29) is 25.4 Å². The Morgan fingerprint density at radius 2 is 1.69 bits per heavy atom. The Balaban J connectivity index is 1.49. The van der Waals surface area contributed by atoms with Crippen molar-refractivity contribution in [2.75, 3.05) is 57.8 Å². The summed E-state index contributed by atoms with van der Waals surface area (Å²) in [6.45, 7) is 2.00. The zero-order valence-electron chi connectivity index (χ0n) is 23.6. The zero-order chi connectivity index (χ0) is 30.1. The molecule has 3 amide bonds. The van der Waals surface area contributed by atoms with Crippen LogP contribution < -0.4 is 10.2 Å². The van der Waals surface area contributed by atoms with Crippen LogP contribution in [-0.2, 0) is 35.3 Å². The molecule has 2 aliphatic heterocycles. The molecular weight excluding hydrogens is 544 g/mol. The largest absolute Gasteiger partial charge is 0.480 e. The van der Waals surface area contributed by atoms with Crippen LogP contribution in [0.15, 0.2) is 54.9 Å². The van der Waals surface area contributed by atoms with E-state index in [2.05, 4.69) is 15.2 Å². The number of pyridine rings is 1. The van der Waals surface area contributed by atoms with Gasteiger partial charge in [-0.3, -0.25) is 29.0 Å². The number of methoxy groups -OCH3 is 1. The second-order valence-corrected chi connectivity index (χ2v) is 10.2. The van der Waals surface area contributed by atoms with E-state index in [1.54, 1.807) is 17.3 Å². The molecule has 2 N–H and O–H groups in total. The minimum absolute atomic E-state index is 0.00906. The number of anilines is 1. The molecule has 2 atom stereocenters. The van der Waals surface area contributed by atoms with Gasteiger partial charge in [0.2, 0.25) is 17.7 Å². The summed E-state index contributed by atoms with van der Waals surface area (Å²) in [4.78, 5) is 74.4. The Kier molecular flexibility index (Phi) is 10.4. The standard InChI is InChI=1S/C29H36N6O7/c1-42-27(39)18-24-29(41)34(20-26(37)38)15-16-35(24)28(40)23(31-19-21-5-3-2-4-6-21)17-25(36)33-13-11-32(12-14-33)22-7-9-30-10-8-22/h2-10,23-24,31H,11-20H2,1H3,(H,37,38). The number of benzene rings is 1. The normalized spacial score (nSPS) is 18.0. The molecule has 3 heterocycles. The van der Waals surface area contributed by atoms with Crippen molar-refractivity contribution < 1.29 is 33.8 Å². The highest BCUT2D eigenvalue weighted by Gasteiger charge is 2.42. The molecule has 0 aliphatic carbocycles. The van der Waals surface area contributed by atoms with Crippen LogP contribution in [0.25, 0.3) is 0 Å². The zero-order valence-corrected chi connectivity index (χ0v) is 23.6. The number of rotatable bonds is 11. The molecule has 0 spiro atoms. The number of amides is 3. The molecule has 224 valence electrons. The summed E-state index contributed by atoms with van der Waals surface area (Å²) in [5.41, 5.74) is 1.93. The number of hydrogen-bond acceptors (Lipinski definition) is 9. The molecule has 13 nitrogen and oxygen atoms in total. The fraction of sp³-hybridized carbons (Fsp3) is 0.448. The smallest absolute Gasteiger partial charge is 0.323 e. The quantitative estimate of drug-likeness (QED) is 0.347. The number of nitrogens with zero attached hydrogens (tertiary/aromatic N) is 5. The number of aliphatic carboxylic acids is 1. The van der Waals surface area contributed by atoms with Crippen LogP contribution in [0.5, 0.6) is 0 Å². The summed E-state index contributed by atoms with van der Waals surface area (Å²) in [6.07, 6.45) is 2.88. The van der Waals surface area contributed by atoms with Gasteiger partial charge >= 0.3 is 11.9 Å². The predicted molar refractivity (Wildman–Crippen MR) is 151 cm³/mol. The van der Waals surface area contributed by atoms with E-state index in [0.717, 1.165) is 16.2 Å². The molecule has 0 saturated carbocycles. The van der Waals surface area contributed by atoms with Crippen molar-refractivity contribution in [1.82, 2.24) is 25.0 Å². The molecule has 2 saturated heterocycles. The Hall–Kier alpha value is -4.52. The lowest BCUT2D eigenvalue weighted by atomic mass is 10.0. The maximum absolute atomic E-state index is 14.0. The lowest BCUT2D eigenvalue weighted by Crippen LogP contribution is -2.63. The van der Waals surface area contributed by atoms with Crippen LogP contribution in [0, 0.1) is 0 Å². The SMILES string of the molecule is COC(=O)CC1C(=O)N(CC(=O)O)CCN1C(=O)C(CC(=O)N1CCN(c2ccncc2)CC1)NCc1ccccc1. The lowest BCUT2D eigenvalue weighted by molar-refractivity contribution is -0.160. The Bertz CT molecular complexity index is 1250. The minimum Gasteiger partial charge on any atom is -0.480 e. The van der Waals surface area contributed by atoms with Gasteiger partial charge in [-0.2, -0.15) is 0 Å². The number of nitrogens with one attached hydrogen (secondary N) is 1. The third kappa shape index (κ3) is 7.81. The van der Waals surface area contributed by atoms with Crippen molar-refractivity contribution in [3.63, 3.8) is 0 Å². The van der Waals surface area contributed by atoms with Gasteiger partial charge in [0.25, 0.3) is 0 Å². The number of carboxylic acid groups (broad SMARTS) is 1. The summed E-state index contributed by atoms with van der Waals surface area (Å²) < 4.78 is 4.75. The van der Waals surface area contributed by atoms with E-state index >= 15 is 0 Å². The third-order valence-corrected chi connectivity index (χ3v) is 7.51. The molecule has 0 radical (unpaired) electrons. The second-order valence-electron chi connectivity index (χ2n) is 10.2. The van der Waals surface area contributed by atoms with E-state index in [4.69, 9.17) is 4.74 Å². The lowest BCUT2D eigenvalue weighted by Gasteiger charge is -2.41. The number of carbonyl (C=O) groups is 5. The topological polar surface area (TPSA) is 153 Å². The highest BCUT2D eigenvalue weighted by molar-refractivity contribution is 5.96. The fourth-order valence-corrected chi connectivity index (χ4v) is 5.22. The summed E-state index contributed by atoms with van der Waals surface area (Å²) in [5, 5.41) is 12.4. The van der Waals surface area contributed by atoms with Crippen molar-refractivity contribution in [2.24, 2.45) is 0 Å². The average molecular weight is 581 g/mol. The van der Waals surface area contributed by atoms with Crippen LogP contribution in [-0.4, -0.2) is 119 Å². The van der Waals surface area contributed by atoms with E-state index < -0.39 is 48.8 Å². The monoisotopic (exact) mass is 580 g/mol. The first-order valence-electron chi connectivity index (χ1n) is 13.8. The molecule has 2 unspecified atom stereocenters. The summed E-state index contributed by atoms with van der Waals surface area (Å²) >= 11 is 0. The van der Waals surface area contributed by atoms with Crippen LogP contribution in [0.2, 0.25) is 0 Å². The number of esters is 1. The van der Waals surface area contributed by atoms with Crippen molar-refractivity contribution in [2.45, 2.75) is 31.5 Å². The molecule has 2 aromatic rings. The Morgan fingerprint density at radius 3 is 2.33 bits per heavy atom. The van der Waals surface area contributed by atoms with Gasteiger partial charge in [0.1, 0.15) is 12.6 Å². The van der Waals surface area contributed by atoms with Crippen molar-refractivity contribution in [3.05, 3.63) is 60.4 Å². The first-order valence-corrected chi connectivity index (χ1v) is 13.8. The van der Waals surface area contributed by atoms with Crippen LogP contribution in [0.4, 0.5) is 5.69 Å². The molecule has 1 aromatic heterocycles. The average Bonchev–Trinajstić information content (AvgIpc) is 3.01. The molecule has 2 aliphatic rings. The van der Waals surface area contributed by atoms with E-state index in [0.29, 0.717) is 32.7 Å². The minimum atomic E-state index is -1.24. The maximum atomic E-state index is 14.0. The predicted octanol–water partition coefficient (Wildman–Crippen LogP) is -0.0342. The molecule has 1 aromatic carbocycles. The third-order valence-electron chi connectivity index (χ3n) is 7.51. The van der Waals surface area contributed by atoms with Crippen molar-refractivity contribution in [1.29, 1.82) is 0 Å². The van der Waals surface area contributed by atoms with Gasteiger partial charge in [-0.25, -0.2) is 0 Å². The Labute approximate surface area is 244 Å². The van der Waals surface area contributed by atoms with E-state index in [9.17, 15) is 29.1 Å². The van der Waals surface area contributed by atoms with Gasteiger partial charge < -0.3 is 34.8 Å². The van der Waals surface area contributed by atoms with Gasteiger partial charge in [-0.15, -0.1) is 0 Å². The second kappa shape index (κ2) is 14.4. The number of carboxylic acids is 1. The van der Waals surface area contributed by atoms with Crippen LogP contribution in [0.1, 0.15) is 18.4 Å². The highest BCUT2D eigenvalue weighted by atomic mass is 16.5.